The van der Waals surface area contributed by atoms with Crippen LogP contribution in [-0.4, -0.2) is 10.1 Å². The van der Waals surface area contributed by atoms with Gasteiger partial charge in [0.15, 0.2) is 0 Å². The van der Waals surface area contributed by atoms with Gasteiger partial charge in [-0.1, -0.05) is 24.3 Å². The maximum Gasteiger partial charge on any atom is 0.141 e. The molecule has 90 valence electrons. The van der Waals surface area contributed by atoms with Crippen LogP contribution in [0.1, 0.15) is 0 Å². The Morgan fingerprint density at radius 3 is 2.26 bits per heavy atom. The van der Waals surface area contributed by atoms with Crippen molar-refractivity contribution in [1.82, 2.24) is 4.98 Å². The van der Waals surface area contributed by atoms with Gasteiger partial charge < -0.3 is 10.2 Å². The third-order valence-corrected chi connectivity index (χ3v) is 4.35. The molecule has 0 aliphatic carbocycles. The molecule has 3 aromatic rings. The predicted octanol–water partition coefficient (Wildman–Crippen LogP) is 1.87. The second kappa shape index (κ2) is 6.52. The average Bonchev–Trinajstić information content (AvgIpc) is 2.41. The van der Waals surface area contributed by atoms with Gasteiger partial charge in [-0.3, -0.25) is 4.98 Å². The van der Waals surface area contributed by atoms with E-state index in [9.17, 15) is 10.2 Å². The fourth-order valence-corrected chi connectivity index (χ4v) is 2.65. The van der Waals surface area contributed by atoms with Crippen LogP contribution in [0.4, 0.5) is 0 Å². The number of hydrogen-bond donors (Lipinski definition) is 1. The SMILES string of the molecule is [Hg+][c]1ccccc1.[O-]c1ccc2cccc(O)c2n1. The molecule has 0 bridgehead atoms. The summed E-state index contributed by atoms with van der Waals surface area (Å²) in [7, 11) is 0. The van der Waals surface area contributed by atoms with Crippen LogP contribution in [0.15, 0.2) is 60.7 Å². The smallest absolute Gasteiger partial charge is 0.141 e. The number of pyridine rings is 1. The van der Waals surface area contributed by atoms with Crippen molar-refractivity contribution in [2.75, 3.05) is 0 Å². The van der Waals surface area contributed by atoms with Crippen LogP contribution < -0.4 is 8.18 Å². The van der Waals surface area contributed by atoms with E-state index in [4.69, 9.17) is 0 Å². The molecule has 1 heterocycles. The van der Waals surface area contributed by atoms with E-state index in [2.05, 4.69) is 35.3 Å². The summed E-state index contributed by atoms with van der Waals surface area (Å²) >= 11 is 0.810. The van der Waals surface area contributed by atoms with E-state index in [-0.39, 0.29) is 11.6 Å². The topological polar surface area (TPSA) is 56.2 Å². The summed E-state index contributed by atoms with van der Waals surface area (Å²) in [5, 5.41) is 20.9. The number of aromatic hydroxyl groups is 1. The molecule has 1 N–H and O–H groups in total. The zero-order valence-electron chi connectivity index (χ0n) is 10.3. The van der Waals surface area contributed by atoms with Crippen LogP contribution in [-0.2, 0) is 26.1 Å². The second-order valence-corrected chi connectivity index (χ2v) is 7.16. The van der Waals surface area contributed by atoms with Gasteiger partial charge >= 0.3 is 59.5 Å². The van der Waals surface area contributed by atoms with Crippen LogP contribution in [0.3, 0.4) is 0 Å². The molecule has 19 heavy (non-hydrogen) atoms. The number of nitrogens with zero attached hydrogens (tertiary/aromatic N) is 1. The van der Waals surface area contributed by atoms with Crippen molar-refractivity contribution in [3.8, 4) is 11.6 Å². The van der Waals surface area contributed by atoms with Crippen molar-refractivity contribution < 1.29 is 36.3 Å². The molecule has 0 saturated heterocycles. The van der Waals surface area contributed by atoms with Gasteiger partial charge in [-0.05, 0) is 11.9 Å². The van der Waals surface area contributed by atoms with E-state index < -0.39 is 0 Å². The van der Waals surface area contributed by atoms with Crippen LogP contribution in [0, 0.1) is 0 Å². The molecule has 0 fully saturated rings. The number of para-hydroxylation sites is 1. The van der Waals surface area contributed by atoms with E-state index in [1.165, 1.54) is 15.2 Å². The number of hydrogen-bond acceptors (Lipinski definition) is 3. The molecule has 0 amide bonds. The van der Waals surface area contributed by atoms with E-state index in [1.807, 2.05) is 0 Å². The van der Waals surface area contributed by atoms with Crippen LogP contribution in [0.25, 0.3) is 10.9 Å². The maximum atomic E-state index is 10.8. The third kappa shape index (κ3) is 3.93. The van der Waals surface area contributed by atoms with Crippen LogP contribution >= 0.6 is 0 Å². The molecule has 4 heteroatoms. The number of aromatic nitrogens is 1. The van der Waals surface area contributed by atoms with Gasteiger partial charge in [-0.25, -0.2) is 0 Å². The van der Waals surface area contributed by atoms with E-state index in [1.54, 1.807) is 18.2 Å². The first kappa shape index (κ1) is 13.8. The molecule has 0 radical (unpaired) electrons. The van der Waals surface area contributed by atoms with E-state index >= 15 is 0 Å². The number of rotatable bonds is 0. The van der Waals surface area contributed by atoms with Gasteiger partial charge in [0.25, 0.3) is 0 Å². The molecule has 0 aliphatic rings. The summed E-state index contributed by atoms with van der Waals surface area (Å²) in [6.45, 7) is 0. The van der Waals surface area contributed by atoms with Crippen molar-refractivity contribution in [1.29, 1.82) is 0 Å². The van der Waals surface area contributed by atoms with Crippen molar-refractivity contribution in [3.63, 3.8) is 0 Å². The Kier molecular flexibility index (Phi) is 4.74. The number of benzene rings is 2. The Morgan fingerprint density at radius 1 is 0.895 bits per heavy atom. The molecule has 1 aromatic heterocycles. The first-order valence-electron chi connectivity index (χ1n) is 5.79. The third-order valence-electron chi connectivity index (χ3n) is 2.52. The van der Waals surface area contributed by atoms with Gasteiger partial charge in [0.05, 0.1) is 0 Å². The maximum absolute atomic E-state index is 10.8. The Bertz CT molecular complexity index is 671. The normalized spacial score (nSPS) is 9.79. The summed E-state index contributed by atoms with van der Waals surface area (Å²) in [6.07, 6.45) is 0. The predicted molar refractivity (Wildman–Crippen MR) is 68.9 cm³/mol. The fourth-order valence-electron chi connectivity index (χ4n) is 1.59. The van der Waals surface area contributed by atoms with Gasteiger partial charge in [0.1, 0.15) is 11.3 Å². The number of phenols is 1. The Labute approximate surface area is 127 Å². The fraction of sp³-hybridized carbons (Fsp3) is 0. The first-order chi connectivity index (χ1) is 9.16. The molecule has 0 aliphatic heterocycles. The summed E-state index contributed by atoms with van der Waals surface area (Å²) in [5.74, 6) is -0.283. The van der Waals surface area contributed by atoms with Gasteiger partial charge in [-0.15, -0.1) is 0 Å². The van der Waals surface area contributed by atoms with Crippen molar-refractivity contribution in [3.05, 3.63) is 60.7 Å². The van der Waals surface area contributed by atoms with Crippen molar-refractivity contribution >= 4 is 14.0 Å². The second-order valence-electron chi connectivity index (χ2n) is 3.98. The summed E-state index contributed by atoms with van der Waals surface area (Å²) in [4.78, 5) is 3.67. The van der Waals surface area contributed by atoms with Gasteiger partial charge in [-0.2, -0.15) is 0 Å². The average molecular weight is 438 g/mol. The quantitative estimate of drug-likeness (QED) is 0.546. The molecule has 3 nitrogen and oxygen atoms in total. The minimum Gasteiger partial charge on any atom is -0.859 e. The molecular formula is C15H11HgNO2. The Morgan fingerprint density at radius 2 is 1.63 bits per heavy atom. The van der Waals surface area contributed by atoms with Crippen molar-refractivity contribution in [2.45, 2.75) is 0 Å². The van der Waals surface area contributed by atoms with Crippen LogP contribution in [0.5, 0.6) is 11.6 Å². The van der Waals surface area contributed by atoms with Gasteiger partial charge in [0, 0.05) is 5.39 Å². The largest absolute Gasteiger partial charge is 0.859 e. The minimum atomic E-state index is -0.330. The zero-order valence-corrected chi connectivity index (χ0v) is 15.8. The molecule has 0 unspecified atom stereocenters. The Balaban J connectivity index is 0.000000163. The zero-order chi connectivity index (χ0) is 13.7. The standard InChI is InChI=1S/C9H7NO2.C6H5.Hg/c11-7-3-1-2-6-4-5-8(12)10-9(6)7;1-2-4-6-5-3-1;/h1-5,11H,(H,10,12);1-5H;/q;;+1/p-1. The molecule has 0 atom stereocenters. The molecular weight excluding hydrogens is 427 g/mol. The van der Waals surface area contributed by atoms with E-state index in [0.717, 1.165) is 31.5 Å². The van der Waals surface area contributed by atoms with Crippen molar-refractivity contribution in [2.24, 2.45) is 0 Å². The number of phenolic OH excluding ortho intramolecular Hbond substituents is 1. The summed E-state index contributed by atoms with van der Waals surface area (Å²) in [5.41, 5.74) is 0.366. The summed E-state index contributed by atoms with van der Waals surface area (Å²) in [6, 6.07) is 18.6. The summed E-state index contributed by atoms with van der Waals surface area (Å²) < 4.78 is 1.52. The molecule has 0 spiro atoms. The first-order valence-corrected chi connectivity index (χ1v) is 8.54. The minimum absolute atomic E-state index is 0.0465. The number of fused-ring (bicyclic) bond motifs is 1. The van der Waals surface area contributed by atoms with Crippen LogP contribution in [0.2, 0.25) is 0 Å². The molecule has 2 aromatic carbocycles. The Hall–Kier alpha value is -1.61. The monoisotopic (exact) mass is 439 g/mol. The van der Waals surface area contributed by atoms with Gasteiger partial charge in [0.2, 0.25) is 0 Å². The van der Waals surface area contributed by atoms with E-state index in [0.29, 0.717) is 5.52 Å². The molecule has 3 rings (SSSR count). The molecule has 0 saturated carbocycles.